The fraction of sp³-hybridized carbons (Fsp3) is 0.833. The molecule has 0 unspecified atom stereocenters. The molecule has 0 atom stereocenters. The molecule has 1 aliphatic heterocycles. The van der Waals surface area contributed by atoms with E-state index in [1.54, 1.807) is 0 Å². The van der Waals surface area contributed by atoms with E-state index < -0.39 is 0 Å². The number of nitrogens with zero attached hydrogens (tertiary/aromatic N) is 2. The minimum Gasteiger partial charge on any atom is -0.339 e. The maximum atomic E-state index is 5.39. The van der Waals surface area contributed by atoms with Crippen molar-refractivity contribution in [3.8, 4) is 0 Å². The van der Waals surface area contributed by atoms with Gasteiger partial charge in [-0.1, -0.05) is 24.4 Å². The first kappa shape index (κ1) is 10.3. The normalized spacial score (nSPS) is 23.2. The summed E-state index contributed by atoms with van der Waals surface area (Å²) in [7, 11) is 0. The molecular weight excluding hydrogens is 202 g/mol. The van der Waals surface area contributed by atoms with E-state index in [9.17, 15) is 0 Å². The minimum atomic E-state index is 0.537. The lowest BCUT2D eigenvalue weighted by Crippen LogP contribution is -2.43. The zero-order chi connectivity index (χ0) is 10.8. The molecule has 4 nitrogen and oxygen atoms in total. The molecule has 16 heavy (non-hydrogen) atoms. The van der Waals surface area contributed by atoms with E-state index in [1.807, 2.05) is 0 Å². The van der Waals surface area contributed by atoms with E-state index in [0.717, 1.165) is 37.1 Å². The number of hydrogen-bond donors (Lipinski definition) is 1. The van der Waals surface area contributed by atoms with E-state index in [1.165, 1.54) is 32.1 Å². The van der Waals surface area contributed by atoms with E-state index in [2.05, 4.69) is 15.5 Å². The summed E-state index contributed by atoms with van der Waals surface area (Å²) >= 11 is 0. The fourth-order valence-corrected chi connectivity index (χ4v) is 2.62. The monoisotopic (exact) mass is 221 g/mol. The van der Waals surface area contributed by atoms with Crippen molar-refractivity contribution in [2.24, 2.45) is 5.92 Å². The molecule has 3 rings (SSSR count). The molecule has 0 radical (unpaired) electrons. The number of hydrogen-bond acceptors (Lipinski definition) is 4. The van der Waals surface area contributed by atoms with Crippen molar-refractivity contribution in [1.29, 1.82) is 0 Å². The van der Waals surface area contributed by atoms with Crippen molar-refractivity contribution in [2.75, 3.05) is 13.1 Å². The summed E-state index contributed by atoms with van der Waals surface area (Å²) in [5, 5.41) is 7.36. The first-order chi connectivity index (χ1) is 7.92. The lowest BCUT2D eigenvalue weighted by molar-refractivity contribution is 0.306. The Morgan fingerprint density at radius 1 is 1.19 bits per heavy atom. The molecule has 0 amide bonds. The molecule has 0 aromatic carbocycles. The molecular formula is C12H19N3O. The van der Waals surface area contributed by atoms with Gasteiger partial charge in [0, 0.05) is 12.3 Å². The first-order valence-electron chi connectivity index (χ1n) is 6.45. The van der Waals surface area contributed by atoms with Crippen LogP contribution < -0.4 is 5.32 Å². The SMILES string of the molecule is C1CCC(c2nc(CC3CNC3)no2)CC1. The summed E-state index contributed by atoms with van der Waals surface area (Å²) in [5.41, 5.74) is 0. The van der Waals surface area contributed by atoms with Crippen molar-refractivity contribution in [1.82, 2.24) is 15.5 Å². The highest BCUT2D eigenvalue weighted by Gasteiger charge is 2.24. The number of nitrogens with one attached hydrogen (secondary N) is 1. The second-order valence-corrected chi connectivity index (χ2v) is 5.11. The highest BCUT2D eigenvalue weighted by Crippen LogP contribution is 2.31. The van der Waals surface area contributed by atoms with Crippen LogP contribution in [0.25, 0.3) is 0 Å². The molecule has 1 aromatic rings. The second kappa shape index (κ2) is 4.53. The van der Waals surface area contributed by atoms with Crippen LogP contribution in [-0.2, 0) is 6.42 Å². The largest absolute Gasteiger partial charge is 0.339 e. The Labute approximate surface area is 95.8 Å². The van der Waals surface area contributed by atoms with Crippen LogP contribution in [0.1, 0.15) is 49.7 Å². The lowest BCUT2D eigenvalue weighted by Gasteiger charge is -2.25. The average Bonchev–Trinajstić information content (AvgIpc) is 2.73. The molecule has 2 aliphatic rings. The van der Waals surface area contributed by atoms with Gasteiger partial charge in [-0.3, -0.25) is 0 Å². The molecule has 0 bridgehead atoms. The predicted octanol–water partition coefficient (Wildman–Crippen LogP) is 1.88. The van der Waals surface area contributed by atoms with Gasteiger partial charge >= 0.3 is 0 Å². The quantitative estimate of drug-likeness (QED) is 0.846. The van der Waals surface area contributed by atoms with Gasteiger partial charge in [0.1, 0.15) is 0 Å². The Morgan fingerprint density at radius 3 is 2.69 bits per heavy atom. The Kier molecular flexibility index (Phi) is 2.91. The molecule has 4 heteroatoms. The maximum Gasteiger partial charge on any atom is 0.229 e. The van der Waals surface area contributed by atoms with Gasteiger partial charge < -0.3 is 9.84 Å². The predicted molar refractivity (Wildman–Crippen MR) is 60.2 cm³/mol. The zero-order valence-electron chi connectivity index (χ0n) is 9.61. The van der Waals surface area contributed by atoms with E-state index in [4.69, 9.17) is 4.52 Å². The van der Waals surface area contributed by atoms with Crippen LogP contribution in [0.5, 0.6) is 0 Å². The highest BCUT2D eigenvalue weighted by molar-refractivity contribution is 4.97. The number of rotatable bonds is 3. The van der Waals surface area contributed by atoms with Gasteiger partial charge in [0.15, 0.2) is 5.82 Å². The maximum absolute atomic E-state index is 5.39. The molecule has 2 heterocycles. The second-order valence-electron chi connectivity index (χ2n) is 5.11. The Bertz CT molecular complexity index is 340. The average molecular weight is 221 g/mol. The third-order valence-corrected chi connectivity index (χ3v) is 3.78. The highest BCUT2D eigenvalue weighted by atomic mass is 16.5. The Balaban J connectivity index is 1.61. The zero-order valence-corrected chi connectivity index (χ0v) is 9.61. The summed E-state index contributed by atoms with van der Waals surface area (Å²) in [4.78, 5) is 4.55. The van der Waals surface area contributed by atoms with Crippen LogP contribution in [-0.4, -0.2) is 23.2 Å². The molecule has 88 valence electrons. The minimum absolute atomic E-state index is 0.537. The summed E-state index contributed by atoms with van der Waals surface area (Å²) < 4.78 is 5.39. The molecule has 1 N–H and O–H groups in total. The van der Waals surface area contributed by atoms with Crippen LogP contribution in [0.3, 0.4) is 0 Å². The van der Waals surface area contributed by atoms with Crippen molar-refractivity contribution < 1.29 is 4.52 Å². The van der Waals surface area contributed by atoms with Crippen molar-refractivity contribution >= 4 is 0 Å². The van der Waals surface area contributed by atoms with E-state index in [0.29, 0.717) is 5.92 Å². The summed E-state index contributed by atoms with van der Waals surface area (Å²) in [6.45, 7) is 2.21. The summed E-state index contributed by atoms with van der Waals surface area (Å²) in [6, 6.07) is 0. The topological polar surface area (TPSA) is 51.0 Å². The molecule has 2 fully saturated rings. The van der Waals surface area contributed by atoms with Crippen molar-refractivity contribution in [3.05, 3.63) is 11.7 Å². The van der Waals surface area contributed by atoms with Crippen molar-refractivity contribution in [2.45, 2.75) is 44.4 Å². The van der Waals surface area contributed by atoms with Gasteiger partial charge in [-0.2, -0.15) is 4.98 Å². The molecule has 1 saturated heterocycles. The van der Waals surface area contributed by atoms with Crippen LogP contribution in [0.2, 0.25) is 0 Å². The number of aromatic nitrogens is 2. The molecule has 1 saturated carbocycles. The summed E-state index contributed by atoms with van der Waals surface area (Å²) in [6.07, 6.45) is 7.43. The van der Waals surface area contributed by atoms with Crippen LogP contribution >= 0.6 is 0 Å². The summed E-state index contributed by atoms with van der Waals surface area (Å²) in [5.74, 6) is 3.06. The van der Waals surface area contributed by atoms with Gasteiger partial charge in [-0.25, -0.2) is 0 Å². The third kappa shape index (κ3) is 2.12. The Hall–Kier alpha value is -0.900. The molecule has 1 aromatic heterocycles. The third-order valence-electron chi connectivity index (χ3n) is 3.78. The van der Waals surface area contributed by atoms with Crippen LogP contribution in [0.4, 0.5) is 0 Å². The van der Waals surface area contributed by atoms with Gasteiger partial charge in [-0.15, -0.1) is 0 Å². The van der Waals surface area contributed by atoms with Crippen LogP contribution in [0.15, 0.2) is 4.52 Å². The van der Waals surface area contributed by atoms with Gasteiger partial charge in [0.25, 0.3) is 0 Å². The van der Waals surface area contributed by atoms with E-state index in [-0.39, 0.29) is 0 Å². The molecule has 0 spiro atoms. The van der Waals surface area contributed by atoms with E-state index >= 15 is 0 Å². The standard InChI is InChI=1S/C12H19N3O/c1-2-4-10(5-3-1)12-14-11(15-16-12)6-9-7-13-8-9/h9-10,13H,1-8H2. The van der Waals surface area contributed by atoms with Crippen molar-refractivity contribution in [3.63, 3.8) is 0 Å². The van der Waals surface area contributed by atoms with Gasteiger partial charge in [0.05, 0.1) is 0 Å². The lowest BCUT2D eigenvalue weighted by atomic mass is 9.89. The van der Waals surface area contributed by atoms with Crippen LogP contribution in [0, 0.1) is 5.92 Å². The smallest absolute Gasteiger partial charge is 0.229 e. The first-order valence-corrected chi connectivity index (χ1v) is 6.45. The van der Waals surface area contributed by atoms with Gasteiger partial charge in [-0.05, 0) is 31.8 Å². The van der Waals surface area contributed by atoms with Gasteiger partial charge in [0.2, 0.25) is 5.89 Å². The fourth-order valence-electron chi connectivity index (χ4n) is 2.62. The Morgan fingerprint density at radius 2 is 2.00 bits per heavy atom. The molecule has 1 aliphatic carbocycles.